The molecule has 1 saturated heterocycles. The number of nitrogens with one attached hydrogen (secondary N) is 2. The number of fused-ring (bicyclic) bond motifs is 1. The Bertz CT molecular complexity index is 1550. The minimum absolute atomic E-state index is 0.0133. The van der Waals surface area contributed by atoms with E-state index in [1.807, 2.05) is 49.4 Å². The third-order valence-corrected chi connectivity index (χ3v) is 8.60. The van der Waals surface area contributed by atoms with Gasteiger partial charge in [0.1, 0.15) is 5.75 Å². The van der Waals surface area contributed by atoms with Gasteiger partial charge in [0.2, 0.25) is 21.9 Å². The number of rotatable bonds is 8. The maximum Gasteiger partial charge on any atom is 0.234 e. The molecule has 198 valence electrons. The topological polar surface area (TPSA) is 109 Å². The molecule has 10 heteroatoms. The van der Waals surface area contributed by atoms with E-state index in [1.165, 1.54) is 4.31 Å². The molecule has 38 heavy (non-hydrogen) atoms. The molecule has 1 atom stereocenters. The molecule has 0 aliphatic carbocycles. The van der Waals surface area contributed by atoms with Gasteiger partial charge in [-0.3, -0.25) is 4.31 Å². The first-order valence-corrected chi connectivity index (χ1v) is 14.4. The molecule has 9 nitrogen and oxygen atoms in total. The minimum atomic E-state index is -3.43. The van der Waals surface area contributed by atoms with Gasteiger partial charge >= 0.3 is 0 Å². The second kappa shape index (κ2) is 10.9. The summed E-state index contributed by atoms with van der Waals surface area (Å²) in [5, 5.41) is 8.40. The summed E-state index contributed by atoms with van der Waals surface area (Å²) in [6, 6.07) is 15.3. The Hall–Kier alpha value is -3.76. The van der Waals surface area contributed by atoms with Crippen molar-refractivity contribution in [3.05, 3.63) is 66.5 Å². The van der Waals surface area contributed by atoms with Crippen molar-refractivity contribution in [1.29, 1.82) is 0 Å². The quantitative estimate of drug-likeness (QED) is 0.335. The fourth-order valence-corrected chi connectivity index (χ4v) is 5.52. The van der Waals surface area contributed by atoms with E-state index in [4.69, 9.17) is 9.72 Å². The number of nitrogens with zero attached hydrogens (tertiary/aromatic N) is 4. The minimum Gasteiger partial charge on any atom is -0.437 e. The summed E-state index contributed by atoms with van der Waals surface area (Å²) in [6.07, 6.45) is 5.60. The van der Waals surface area contributed by atoms with Crippen LogP contribution in [0.2, 0.25) is 0 Å². The molecule has 2 aromatic heterocycles. The number of sulfonamides is 1. The second-order valence-corrected chi connectivity index (χ2v) is 11.7. The van der Waals surface area contributed by atoms with Gasteiger partial charge in [0.05, 0.1) is 22.7 Å². The Kier molecular flexibility index (Phi) is 7.44. The largest absolute Gasteiger partial charge is 0.437 e. The van der Waals surface area contributed by atoms with Crippen molar-refractivity contribution in [2.75, 3.05) is 35.5 Å². The van der Waals surface area contributed by atoms with Crippen LogP contribution < -0.4 is 19.7 Å². The van der Waals surface area contributed by atoms with Gasteiger partial charge in [-0.15, -0.1) is 0 Å². The van der Waals surface area contributed by atoms with Crippen LogP contribution in [0.1, 0.15) is 25.3 Å². The highest BCUT2D eigenvalue weighted by Gasteiger charge is 2.21. The number of benzene rings is 2. The average Bonchev–Trinajstić information content (AvgIpc) is 2.94. The van der Waals surface area contributed by atoms with E-state index in [2.05, 4.69) is 20.6 Å². The van der Waals surface area contributed by atoms with Crippen LogP contribution in [0.15, 0.2) is 60.9 Å². The van der Waals surface area contributed by atoms with E-state index in [0.717, 1.165) is 47.8 Å². The van der Waals surface area contributed by atoms with Crippen molar-refractivity contribution in [1.82, 2.24) is 20.3 Å². The van der Waals surface area contributed by atoms with Crippen LogP contribution >= 0.6 is 0 Å². The third-order valence-electron chi connectivity index (χ3n) is 6.84. The molecule has 0 unspecified atom stereocenters. The van der Waals surface area contributed by atoms with E-state index in [-0.39, 0.29) is 11.8 Å². The second-order valence-electron chi connectivity index (χ2n) is 9.36. The van der Waals surface area contributed by atoms with Crippen LogP contribution in [-0.2, 0) is 10.0 Å². The van der Waals surface area contributed by atoms with E-state index < -0.39 is 10.0 Å². The monoisotopic (exact) mass is 532 g/mol. The zero-order valence-corrected chi connectivity index (χ0v) is 22.6. The summed E-state index contributed by atoms with van der Waals surface area (Å²) in [7, 11) is -1.85. The molecule has 5 rings (SSSR count). The van der Waals surface area contributed by atoms with Gasteiger partial charge in [0.25, 0.3) is 0 Å². The molecule has 1 aliphatic heterocycles. The lowest BCUT2D eigenvalue weighted by Crippen LogP contribution is -2.38. The Morgan fingerprint density at radius 3 is 2.74 bits per heavy atom. The van der Waals surface area contributed by atoms with E-state index in [0.29, 0.717) is 29.0 Å². The normalized spacial score (nSPS) is 15.8. The Labute approximate surface area is 223 Å². The summed E-state index contributed by atoms with van der Waals surface area (Å²) >= 11 is 0. The highest BCUT2D eigenvalue weighted by Crippen LogP contribution is 2.39. The standard InChI is InChI=1S/C28H32N6O3S/c1-4-38(35,36)34(3)25-11-5-9-22-21(25)13-12-19(2)26(22)37-27-23(10-7-16-30-27)24-14-17-31-28(33-24)32-20-8-6-15-29-18-20/h5,7,9-14,16-17,20,29H,4,6,8,15,18H2,1-3H3,(H,31,32,33)/t20-/m0/s1. The van der Waals surface area contributed by atoms with Crippen LogP contribution in [0.3, 0.4) is 0 Å². The average molecular weight is 533 g/mol. The van der Waals surface area contributed by atoms with Crippen molar-refractivity contribution in [3.63, 3.8) is 0 Å². The molecule has 2 aromatic carbocycles. The highest BCUT2D eigenvalue weighted by molar-refractivity contribution is 7.92. The van der Waals surface area contributed by atoms with Gasteiger partial charge in [0, 0.05) is 42.8 Å². The predicted molar refractivity (Wildman–Crippen MR) is 151 cm³/mol. The first-order valence-electron chi connectivity index (χ1n) is 12.8. The third kappa shape index (κ3) is 5.27. The summed E-state index contributed by atoms with van der Waals surface area (Å²) < 4.78 is 33.0. The van der Waals surface area contributed by atoms with Gasteiger partial charge in [-0.25, -0.2) is 23.4 Å². The zero-order chi connectivity index (χ0) is 26.7. The van der Waals surface area contributed by atoms with E-state index >= 15 is 0 Å². The molecule has 2 N–H and O–H groups in total. The van der Waals surface area contributed by atoms with Crippen molar-refractivity contribution < 1.29 is 13.2 Å². The molecular weight excluding hydrogens is 500 g/mol. The maximum absolute atomic E-state index is 12.6. The number of hydrogen-bond acceptors (Lipinski definition) is 8. The number of aromatic nitrogens is 3. The predicted octanol–water partition coefficient (Wildman–Crippen LogP) is 4.74. The van der Waals surface area contributed by atoms with E-state index in [9.17, 15) is 8.42 Å². The lowest BCUT2D eigenvalue weighted by atomic mass is 10.0. The first-order chi connectivity index (χ1) is 18.4. The van der Waals surface area contributed by atoms with Crippen LogP contribution in [0.4, 0.5) is 11.6 Å². The summed E-state index contributed by atoms with van der Waals surface area (Å²) in [6.45, 7) is 5.51. The fourth-order valence-electron chi connectivity index (χ4n) is 4.68. The van der Waals surface area contributed by atoms with Crippen LogP contribution in [0, 0.1) is 6.92 Å². The summed E-state index contributed by atoms with van der Waals surface area (Å²) in [5.74, 6) is 1.61. The van der Waals surface area contributed by atoms with Crippen molar-refractivity contribution >= 4 is 32.4 Å². The molecule has 0 bridgehead atoms. The molecule has 0 amide bonds. The number of pyridine rings is 1. The van der Waals surface area contributed by atoms with Gasteiger partial charge in [-0.05, 0) is 63.1 Å². The van der Waals surface area contributed by atoms with Crippen molar-refractivity contribution in [2.24, 2.45) is 0 Å². The van der Waals surface area contributed by atoms with E-state index in [1.54, 1.807) is 32.4 Å². The number of ether oxygens (including phenoxy) is 1. The SMILES string of the molecule is CCS(=O)(=O)N(C)c1cccc2c(Oc3ncccc3-c3ccnc(N[C@H]4CCCNC4)n3)c(C)ccc12. The molecule has 1 fully saturated rings. The highest BCUT2D eigenvalue weighted by atomic mass is 32.2. The van der Waals surface area contributed by atoms with Gasteiger partial charge in [0.15, 0.2) is 0 Å². The fraction of sp³-hybridized carbons (Fsp3) is 0.321. The smallest absolute Gasteiger partial charge is 0.234 e. The zero-order valence-electron chi connectivity index (χ0n) is 21.8. The van der Waals surface area contributed by atoms with Gasteiger partial charge in [-0.1, -0.05) is 24.3 Å². The van der Waals surface area contributed by atoms with Crippen LogP contribution in [-0.4, -0.2) is 55.3 Å². The lowest BCUT2D eigenvalue weighted by Gasteiger charge is -2.23. The molecule has 0 saturated carbocycles. The molecule has 0 spiro atoms. The summed E-state index contributed by atoms with van der Waals surface area (Å²) in [5.41, 5.74) is 2.93. The number of anilines is 2. The molecule has 3 heterocycles. The Balaban J connectivity index is 1.52. The Morgan fingerprint density at radius 1 is 1.08 bits per heavy atom. The maximum atomic E-state index is 12.6. The van der Waals surface area contributed by atoms with Crippen molar-refractivity contribution in [2.45, 2.75) is 32.7 Å². The Morgan fingerprint density at radius 2 is 1.95 bits per heavy atom. The van der Waals surface area contributed by atoms with Gasteiger partial charge in [-0.2, -0.15) is 0 Å². The molecule has 1 aliphatic rings. The van der Waals surface area contributed by atoms with Gasteiger partial charge < -0.3 is 15.4 Å². The molecule has 4 aromatic rings. The summed E-state index contributed by atoms with van der Waals surface area (Å²) in [4.78, 5) is 13.7. The number of aryl methyl sites for hydroxylation is 1. The van der Waals surface area contributed by atoms with Crippen LogP contribution in [0.25, 0.3) is 22.0 Å². The van der Waals surface area contributed by atoms with Crippen LogP contribution in [0.5, 0.6) is 11.6 Å². The number of hydrogen-bond donors (Lipinski definition) is 2. The first kappa shape index (κ1) is 25.9. The molecule has 0 radical (unpaired) electrons. The molecular formula is C28H32N6O3S. The van der Waals surface area contributed by atoms with Crippen molar-refractivity contribution in [3.8, 4) is 22.9 Å². The number of piperidine rings is 1. The lowest BCUT2D eigenvalue weighted by molar-refractivity contribution is 0.466.